The summed E-state index contributed by atoms with van der Waals surface area (Å²) < 4.78 is 4.81. The maximum atomic E-state index is 5.30. The van der Waals surface area contributed by atoms with Crippen LogP contribution in [0.2, 0.25) is 0 Å². The summed E-state index contributed by atoms with van der Waals surface area (Å²) in [4.78, 5) is 9.35. The first kappa shape index (κ1) is 12.0. The van der Waals surface area contributed by atoms with E-state index in [2.05, 4.69) is 18.5 Å². The van der Waals surface area contributed by atoms with Crippen LogP contribution >= 0.6 is 0 Å². The molecule has 0 aromatic rings. The van der Waals surface area contributed by atoms with Gasteiger partial charge < -0.3 is 4.74 Å². The quantitative estimate of drug-likeness (QED) is 0.284. The third-order valence-corrected chi connectivity index (χ3v) is 1.47. The van der Waals surface area contributed by atoms with Crippen molar-refractivity contribution in [3.63, 3.8) is 0 Å². The molecule has 13 heavy (non-hydrogen) atoms. The Morgan fingerprint density at radius 2 is 2.15 bits per heavy atom. The molecule has 4 nitrogen and oxygen atoms in total. The van der Waals surface area contributed by atoms with Crippen LogP contribution in [-0.4, -0.2) is 31.7 Å². The van der Waals surface area contributed by atoms with Gasteiger partial charge in [-0.15, -0.1) is 0 Å². The van der Waals surface area contributed by atoms with Crippen molar-refractivity contribution in [1.29, 1.82) is 0 Å². The van der Waals surface area contributed by atoms with Gasteiger partial charge in [0.1, 0.15) is 5.84 Å². The van der Waals surface area contributed by atoms with E-state index in [0.717, 1.165) is 12.3 Å². The summed E-state index contributed by atoms with van der Waals surface area (Å²) in [6.45, 7) is 8.15. The van der Waals surface area contributed by atoms with Crippen molar-refractivity contribution in [1.82, 2.24) is 5.06 Å². The van der Waals surface area contributed by atoms with E-state index in [1.165, 1.54) is 7.11 Å². The molecule has 0 rings (SSSR count). The number of hydroxylamine groups is 2. The smallest absolute Gasteiger partial charge is 0.207 e. The summed E-state index contributed by atoms with van der Waals surface area (Å²) in [6.07, 6.45) is 0.975. The minimum atomic E-state index is 0.379. The second-order valence-corrected chi connectivity index (χ2v) is 2.59. The summed E-state index contributed by atoms with van der Waals surface area (Å²) in [5.41, 5.74) is 0. The molecule has 0 saturated carbocycles. The van der Waals surface area contributed by atoms with Gasteiger partial charge in [-0.25, -0.2) is 5.06 Å². The molecule has 0 radical (unpaired) electrons. The van der Waals surface area contributed by atoms with Crippen molar-refractivity contribution in [3.05, 3.63) is 12.5 Å². The third kappa shape index (κ3) is 5.25. The number of amidine groups is 1. The van der Waals surface area contributed by atoms with Crippen molar-refractivity contribution >= 4 is 5.84 Å². The van der Waals surface area contributed by atoms with Crippen LogP contribution in [0.25, 0.3) is 0 Å². The molecular weight excluding hydrogens is 168 g/mol. The van der Waals surface area contributed by atoms with E-state index in [0.29, 0.717) is 12.5 Å². The van der Waals surface area contributed by atoms with Gasteiger partial charge in [-0.1, -0.05) is 6.92 Å². The van der Waals surface area contributed by atoms with Crippen LogP contribution in [0.5, 0.6) is 0 Å². The number of aliphatic imine (C=N–C) groups is 1. The number of hydrogen-bond acceptors (Lipinski definition) is 3. The number of rotatable bonds is 5. The van der Waals surface area contributed by atoms with Crippen LogP contribution in [0.3, 0.4) is 0 Å². The van der Waals surface area contributed by atoms with E-state index >= 15 is 0 Å². The standard InChI is InChI=1S/C9H18N2O2/c1-6-7-13-11(4)8(2)10-9(3)12-5/h3,6-7H2,1-2,4-5H3. The zero-order valence-electron chi connectivity index (χ0n) is 8.83. The van der Waals surface area contributed by atoms with Crippen LogP contribution in [0.4, 0.5) is 0 Å². The minimum Gasteiger partial charge on any atom is -0.481 e. The molecule has 0 heterocycles. The molecule has 76 valence electrons. The summed E-state index contributed by atoms with van der Waals surface area (Å²) >= 11 is 0. The highest BCUT2D eigenvalue weighted by atomic mass is 16.7. The van der Waals surface area contributed by atoms with E-state index < -0.39 is 0 Å². The second kappa shape index (κ2) is 6.48. The van der Waals surface area contributed by atoms with Gasteiger partial charge in [0.2, 0.25) is 5.88 Å². The van der Waals surface area contributed by atoms with Crippen LogP contribution in [0.1, 0.15) is 20.3 Å². The zero-order chi connectivity index (χ0) is 10.3. The van der Waals surface area contributed by atoms with Gasteiger partial charge in [0, 0.05) is 7.05 Å². The molecule has 0 aromatic carbocycles. The highest BCUT2D eigenvalue weighted by molar-refractivity contribution is 5.79. The van der Waals surface area contributed by atoms with Crippen molar-refractivity contribution in [2.24, 2.45) is 4.99 Å². The molecule has 0 saturated heterocycles. The molecule has 0 aliphatic heterocycles. The Kier molecular flexibility index (Phi) is 5.97. The number of ether oxygens (including phenoxy) is 1. The topological polar surface area (TPSA) is 34.1 Å². The highest BCUT2D eigenvalue weighted by Gasteiger charge is 2.00. The van der Waals surface area contributed by atoms with Crippen LogP contribution in [0, 0.1) is 0 Å². The second-order valence-electron chi connectivity index (χ2n) is 2.59. The molecular formula is C9H18N2O2. The lowest BCUT2D eigenvalue weighted by atomic mass is 10.5. The minimum absolute atomic E-state index is 0.379. The molecule has 0 amide bonds. The molecule has 0 aliphatic carbocycles. The lowest BCUT2D eigenvalue weighted by Gasteiger charge is -2.17. The zero-order valence-corrected chi connectivity index (χ0v) is 8.83. The molecule has 0 spiro atoms. The van der Waals surface area contributed by atoms with E-state index in [4.69, 9.17) is 9.57 Å². The Labute approximate surface area is 79.8 Å². The lowest BCUT2D eigenvalue weighted by Crippen LogP contribution is -2.25. The normalized spacial score (nSPS) is 11.2. The average molecular weight is 186 g/mol. The van der Waals surface area contributed by atoms with Crippen molar-refractivity contribution in [2.45, 2.75) is 20.3 Å². The average Bonchev–Trinajstić information content (AvgIpc) is 2.13. The van der Waals surface area contributed by atoms with Crippen LogP contribution in [0.15, 0.2) is 17.5 Å². The molecule has 0 aliphatic rings. The Hall–Kier alpha value is -1.03. The first-order chi connectivity index (χ1) is 6.11. The van der Waals surface area contributed by atoms with Gasteiger partial charge in [0.25, 0.3) is 0 Å². The van der Waals surface area contributed by atoms with Crippen molar-refractivity contribution in [2.75, 3.05) is 20.8 Å². The predicted molar refractivity (Wildman–Crippen MR) is 53.3 cm³/mol. The number of nitrogens with zero attached hydrogens (tertiary/aromatic N) is 2. The monoisotopic (exact) mass is 186 g/mol. The number of methoxy groups -OCH3 is 1. The highest BCUT2D eigenvalue weighted by Crippen LogP contribution is 1.97. The van der Waals surface area contributed by atoms with Gasteiger partial charge in [0.15, 0.2) is 0 Å². The van der Waals surface area contributed by atoms with E-state index in [9.17, 15) is 0 Å². The van der Waals surface area contributed by atoms with Gasteiger partial charge in [-0.3, -0.25) is 4.84 Å². The van der Waals surface area contributed by atoms with Gasteiger partial charge >= 0.3 is 0 Å². The van der Waals surface area contributed by atoms with Crippen molar-refractivity contribution in [3.8, 4) is 0 Å². The fourth-order valence-corrected chi connectivity index (χ4v) is 0.618. The molecule has 0 bridgehead atoms. The molecule has 0 unspecified atom stereocenters. The van der Waals surface area contributed by atoms with E-state index in [1.807, 2.05) is 6.92 Å². The SMILES string of the molecule is C=C(N=C(C)N(C)OCCC)OC. The Balaban J connectivity index is 4.00. The first-order valence-corrected chi connectivity index (χ1v) is 4.26. The number of hydrogen-bond donors (Lipinski definition) is 0. The third-order valence-electron chi connectivity index (χ3n) is 1.47. The van der Waals surface area contributed by atoms with Gasteiger partial charge in [0.05, 0.1) is 13.7 Å². The van der Waals surface area contributed by atoms with Crippen molar-refractivity contribution < 1.29 is 9.57 Å². The molecule has 0 atom stereocenters. The summed E-state index contributed by atoms with van der Waals surface area (Å²) in [6, 6.07) is 0. The maximum absolute atomic E-state index is 5.30. The largest absolute Gasteiger partial charge is 0.481 e. The lowest BCUT2D eigenvalue weighted by molar-refractivity contribution is -0.0798. The first-order valence-electron chi connectivity index (χ1n) is 4.26. The Morgan fingerprint density at radius 1 is 1.54 bits per heavy atom. The predicted octanol–water partition coefficient (Wildman–Crippen LogP) is 1.80. The summed E-state index contributed by atoms with van der Waals surface area (Å²) in [5.74, 6) is 1.10. The Bertz CT molecular complexity index is 190. The Morgan fingerprint density at radius 3 is 2.62 bits per heavy atom. The molecule has 0 aromatic heterocycles. The molecule has 4 heteroatoms. The maximum Gasteiger partial charge on any atom is 0.207 e. The van der Waals surface area contributed by atoms with Gasteiger partial charge in [-0.2, -0.15) is 4.99 Å². The summed E-state index contributed by atoms with van der Waals surface area (Å²) in [7, 11) is 3.34. The summed E-state index contributed by atoms with van der Waals surface area (Å²) in [5, 5.41) is 1.60. The van der Waals surface area contributed by atoms with E-state index in [-0.39, 0.29) is 0 Å². The molecule has 0 fully saturated rings. The van der Waals surface area contributed by atoms with Gasteiger partial charge in [-0.05, 0) is 19.9 Å². The van der Waals surface area contributed by atoms with Crippen LogP contribution < -0.4 is 0 Å². The fraction of sp³-hybridized carbons (Fsp3) is 0.667. The van der Waals surface area contributed by atoms with E-state index in [1.54, 1.807) is 12.1 Å². The fourth-order valence-electron chi connectivity index (χ4n) is 0.618. The molecule has 0 N–H and O–H groups in total. The van der Waals surface area contributed by atoms with Crippen LogP contribution in [-0.2, 0) is 9.57 Å².